The molecular formula is C21H20F3N3OS. The molecule has 8 heteroatoms. The highest BCUT2D eigenvalue weighted by Crippen LogP contribution is 2.31. The Kier molecular flexibility index (Phi) is 6.53. The summed E-state index contributed by atoms with van der Waals surface area (Å²) in [4.78, 5) is 18.6. The number of carbonyl (C=O) groups is 1. The molecule has 1 amide bonds. The van der Waals surface area contributed by atoms with Crippen LogP contribution in [0.1, 0.15) is 11.3 Å². The summed E-state index contributed by atoms with van der Waals surface area (Å²) < 4.78 is 38.0. The fourth-order valence-electron chi connectivity index (χ4n) is 2.72. The summed E-state index contributed by atoms with van der Waals surface area (Å²) in [6.07, 6.45) is -4.23. The lowest BCUT2D eigenvalue weighted by Gasteiger charge is -2.19. The molecule has 0 saturated carbocycles. The van der Waals surface area contributed by atoms with Gasteiger partial charge < -0.3 is 10.2 Å². The molecule has 3 rings (SSSR count). The number of amides is 1. The summed E-state index contributed by atoms with van der Waals surface area (Å²) in [5.74, 6) is -0.143. The second-order valence-electron chi connectivity index (χ2n) is 6.50. The maximum atomic E-state index is 12.7. The highest BCUT2D eigenvalue weighted by Gasteiger charge is 2.30. The number of para-hydroxylation sites is 1. The van der Waals surface area contributed by atoms with Crippen molar-refractivity contribution in [2.24, 2.45) is 0 Å². The molecular weight excluding hydrogens is 399 g/mol. The van der Waals surface area contributed by atoms with Crippen LogP contribution >= 0.6 is 11.3 Å². The van der Waals surface area contributed by atoms with E-state index in [1.54, 1.807) is 5.38 Å². The van der Waals surface area contributed by atoms with Crippen molar-refractivity contribution in [2.75, 3.05) is 25.0 Å². The van der Waals surface area contributed by atoms with Crippen molar-refractivity contribution in [3.05, 3.63) is 71.2 Å². The smallest absolute Gasteiger partial charge is 0.373 e. The van der Waals surface area contributed by atoms with Gasteiger partial charge in [-0.05, 0) is 24.3 Å². The second kappa shape index (κ2) is 9.09. The van der Waals surface area contributed by atoms with Crippen LogP contribution < -0.4 is 10.2 Å². The molecule has 0 aliphatic carbocycles. The van der Waals surface area contributed by atoms with Crippen LogP contribution in [-0.4, -0.2) is 31.0 Å². The maximum Gasteiger partial charge on any atom is 0.416 e. The van der Waals surface area contributed by atoms with Gasteiger partial charge in [0.25, 0.3) is 0 Å². The monoisotopic (exact) mass is 419 g/mol. The first-order valence-corrected chi connectivity index (χ1v) is 9.86. The van der Waals surface area contributed by atoms with Crippen LogP contribution in [0.4, 0.5) is 18.9 Å². The maximum absolute atomic E-state index is 12.7. The minimum Gasteiger partial charge on any atom is -0.373 e. The van der Waals surface area contributed by atoms with Crippen molar-refractivity contribution in [3.63, 3.8) is 0 Å². The third-order valence-corrected chi connectivity index (χ3v) is 5.26. The molecule has 0 saturated heterocycles. The van der Waals surface area contributed by atoms with E-state index in [0.29, 0.717) is 29.4 Å². The first-order chi connectivity index (χ1) is 13.8. The summed E-state index contributed by atoms with van der Waals surface area (Å²) in [6.45, 7) is 1.17. The molecule has 0 fully saturated rings. The third-order valence-electron chi connectivity index (χ3n) is 4.32. The number of alkyl halides is 3. The number of anilines is 1. The topological polar surface area (TPSA) is 45.2 Å². The average Bonchev–Trinajstić information content (AvgIpc) is 3.16. The number of nitrogens with zero attached hydrogens (tertiary/aromatic N) is 2. The van der Waals surface area contributed by atoms with Crippen LogP contribution in [0, 0.1) is 0 Å². The molecule has 0 atom stereocenters. The predicted molar refractivity (Wildman–Crippen MR) is 109 cm³/mol. The van der Waals surface area contributed by atoms with Crippen LogP contribution in [0.3, 0.4) is 0 Å². The Morgan fingerprint density at radius 3 is 2.45 bits per heavy atom. The number of hydrogen-bond donors (Lipinski definition) is 1. The Balaban J connectivity index is 1.50. The number of likely N-dealkylation sites (N-methyl/N-ethyl adjacent to an activating group) is 1. The fraction of sp³-hybridized carbons (Fsp3) is 0.238. The molecule has 1 heterocycles. The Morgan fingerprint density at radius 2 is 1.79 bits per heavy atom. The van der Waals surface area contributed by atoms with Crippen molar-refractivity contribution in [1.82, 2.24) is 10.3 Å². The quantitative estimate of drug-likeness (QED) is 0.608. The van der Waals surface area contributed by atoms with Gasteiger partial charge in [-0.15, -0.1) is 11.3 Å². The highest BCUT2D eigenvalue weighted by molar-refractivity contribution is 7.13. The van der Waals surface area contributed by atoms with Crippen molar-refractivity contribution < 1.29 is 18.0 Å². The molecule has 0 radical (unpaired) electrons. The first-order valence-electron chi connectivity index (χ1n) is 8.98. The summed E-state index contributed by atoms with van der Waals surface area (Å²) in [5, 5.41) is 5.20. The van der Waals surface area contributed by atoms with E-state index in [9.17, 15) is 18.0 Å². The van der Waals surface area contributed by atoms with E-state index in [1.807, 2.05) is 42.3 Å². The zero-order valence-electron chi connectivity index (χ0n) is 15.7. The third kappa shape index (κ3) is 5.80. The van der Waals surface area contributed by atoms with Gasteiger partial charge in [-0.2, -0.15) is 13.2 Å². The fourth-order valence-corrected chi connectivity index (χ4v) is 3.55. The lowest BCUT2D eigenvalue weighted by molar-refractivity contribution is -0.137. The zero-order valence-corrected chi connectivity index (χ0v) is 16.6. The normalized spacial score (nSPS) is 11.3. The molecule has 0 aliphatic heterocycles. The molecule has 0 spiro atoms. The number of rotatable bonds is 7. The number of benzene rings is 2. The van der Waals surface area contributed by atoms with Gasteiger partial charge in [0.05, 0.1) is 17.7 Å². The Bertz CT molecular complexity index is 940. The number of carbonyl (C=O) groups excluding carboxylic acids is 1. The van der Waals surface area contributed by atoms with E-state index < -0.39 is 11.7 Å². The van der Waals surface area contributed by atoms with Crippen LogP contribution in [-0.2, 0) is 17.4 Å². The molecule has 4 nitrogen and oxygen atoms in total. The summed E-state index contributed by atoms with van der Waals surface area (Å²) in [5.41, 5.74) is 1.57. The van der Waals surface area contributed by atoms with E-state index in [4.69, 9.17) is 0 Å². The van der Waals surface area contributed by atoms with Gasteiger partial charge in [0.1, 0.15) is 5.01 Å². The lowest BCUT2D eigenvalue weighted by Crippen LogP contribution is -2.33. The standard InChI is InChI=1S/C21H20F3N3OS/c1-27(18-5-3-2-4-6-18)12-11-25-19(28)13-17-14-29-20(26-17)15-7-9-16(10-8-15)21(22,23)24/h2-10,14H,11-13H2,1H3,(H,25,28). The molecule has 29 heavy (non-hydrogen) atoms. The zero-order chi connectivity index (χ0) is 20.9. The number of aromatic nitrogens is 1. The minimum atomic E-state index is -4.36. The second-order valence-corrected chi connectivity index (χ2v) is 7.36. The molecule has 2 aromatic carbocycles. The van der Waals surface area contributed by atoms with E-state index in [1.165, 1.54) is 23.5 Å². The Morgan fingerprint density at radius 1 is 1.10 bits per heavy atom. The molecule has 1 aromatic heterocycles. The number of nitrogens with one attached hydrogen (secondary N) is 1. The molecule has 0 unspecified atom stereocenters. The molecule has 1 N–H and O–H groups in total. The molecule has 0 bridgehead atoms. The van der Waals surface area contributed by atoms with Crippen molar-refractivity contribution >= 4 is 22.9 Å². The molecule has 3 aromatic rings. The summed E-state index contributed by atoms with van der Waals surface area (Å²) in [6, 6.07) is 14.7. The number of hydrogen-bond acceptors (Lipinski definition) is 4. The van der Waals surface area contributed by atoms with E-state index in [2.05, 4.69) is 10.3 Å². The minimum absolute atomic E-state index is 0.131. The van der Waals surface area contributed by atoms with Gasteiger partial charge >= 0.3 is 6.18 Å². The van der Waals surface area contributed by atoms with Crippen molar-refractivity contribution in [2.45, 2.75) is 12.6 Å². The predicted octanol–water partition coefficient (Wildman–Crippen LogP) is 4.62. The SMILES string of the molecule is CN(CCNC(=O)Cc1csc(-c2ccc(C(F)(F)F)cc2)n1)c1ccccc1. The summed E-state index contributed by atoms with van der Waals surface area (Å²) in [7, 11) is 1.96. The first kappa shape index (κ1) is 20.9. The van der Waals surface area contributed by atoms with Gasteiger partial charge in [0, 0.05) is 36.8 Å². The summed E-state index contributed by atoms with van der Waals surface area (Å²) >= 11 is 1.30. The molecule has 152 valence electrons. The van der Waals surface area contributed by atoms with E-state index in [-0.39, 0.29) is 12.3 Å². The van der Waals surface area contributed by atoms with Crippen LogP contribution in [0.2, 0.25) is 0 Å². The van der Waals surface area contributed by atoms with Crippen molar-refractivity contribution in [1.29, 1.82) is 0 Å². The van der Waals surface area contributed by atoms with Crippen LogP contribution in [0.25, 0.3) is 10.6 Å². The van der Waals surface area contributed by atoms with Gasteiger partial charge in [-0.3, -0.25) is 4.79 Å². The highest BCUT2D eigenvalue weighted by atomic mass is 32.1. The lowest BCUT2D eigenvalue weighted by atomic mass is 10.1. The van der Waals surface area contributed by atoms with Crippen LogP contribution in [0.5, 0.6) is 0 Å². The molecule has 0 aliphatic rings. The van der Waals surface area contributed by atoms with E-state index >= 15 is 0 Å². The van der Waals surface area contributed by atoms with E-state index in [0.717, 1.165) is 17.8 Å². The Hall–Kier alpha value is -2.87. The van der Waals surface area contributed by atoms with Gasteiger partial charge in [-0.1, -0.05) is 30.3 Å². The largest absolute Gasteiger partial charge is 0.416 e. The van der Waals surface area contributed by atoms with Gasteiger partial charge in [-0.25, -0.2) is 4.98 Å². The number of halogens is 3. The average molecular weight is 419 g/mol. The van der Waals surface area contributed by atoms with Gasteiger partial charge in [0.15, 0.2) is 0 Å². The van der Waals surface area contributed by atoms with Crippen molar-refractivity contribution in [3.8, 4) is 10.6 Å². The van der Waals surface area contributed by atoms with Gasteiger partial charge in [0.2, 0.25) is 5.91 Å². The van der Waals surface area contributed by atoms with Crippen LogP contribution in [0.15, 0.2) is 60.0 Å². The Labute approximate surface area is 171 Å². The number of thiazole rings is 1.